The molecule has 3 aromatic heterocycles. The van der Waals surface area contributed by atoms with Gasteiger partial charge in [0.05, 0.1) is 23.7 Å². The first-order chi connectivity index (χ1) is 11.8. The molecule has 0 unspecified atom stereocenters. The summed E-state index contributed by atoms with van der Waals surface area (Å²) in [6.45, 7) is 0. The van der Waals surface area contributed by atoms with Gasteiger partial charge in [0.15, 0.2) is 10.8 Å². The minimum atomic E-state index is 0.352. The highest BCUT2D eigenvalue weighted by Gasteiger charge is 2.12. The van der Waals surface area contributed by atoms with E-state index in [1.807, 2.05) is 12.1 Å². The van der Waals surface area contributed by atoms with Gasteiger partial charge in [-0.3, -0.25) is 4.98 Å². The van der Waals surface area contributed by atoms with Crippen molar-refractivity contribution in [3.8, 4) is 11.3 Å². The van der Waals surface area contributed by atoms with Crippen LogP contribution in [0.4, 0.5) is 5.82 Å². The molecule has 0 radical (unpaired) electrons. The van der Waals surface area contributed by atoms with Crippen LogP contribution >= 0.6 is 12.2 Å². The van der Waals surface area contributed by atoms with Crippen molar-refractivity contribution in [2.75, 3.05) is 5.32 Å². The van der Waals surface area contributed by atoms with Crippen LogP contribution in [-0.2, 0) is 0 Å². The second-order valence-electron chi connectivity index (χ2n) is 5.45. The van der Waals surface area contributed by atoms with Gasteiger partial charge in [0.1, 0.15) is 17.6 Å². The maximum absolute atomic E-state index is 5.34. The van der Waals surface area contributed by atoms with Gasteiger partial charge < -0.3 is 15.2 Å². The van der Waals surface area contributed by atoms with Gasteiger partial charge in [-0.05, 0) is 37.2 Å². The molecule has 0 atom stereocenters. The summed E-state index contributed by atoms with van der Waals surface area (Å²) in [4.78, 5) is 13.3. The summed E-state index contributed by atoms with van der Waals surface area (Å²) in [5, 5.41) is 10.6. The fourth-order valence-electron chi connectivity index (χ4n) is 2.51. The molecule has 4 rings (SSSR count). The number of nitrogens with one attached hydrogen (secondary N) is 2. The zero-order valence-corrected chi connectivity index (χ0v) is 13.5. The van der Waals surface area contributed by atoms with Gasteiger partial charge in [-0.25, -0.2) is 9.97 Å². The summed E-state index contributed by atoms with van der Waals surface area (Å²) < 4.78 is 4.84. The van der Waals surface area contributed by atoms with Gasteiger partial charge in [-0.2, -0.15) is 0 Å². The van der Waals surface area contributed by atoms with Crippen LogP contribution in [0.5, 0.6) is 0 Å². The molecule has 24 heavy (non-hydrogen) atoms. The summed E-state index contributed by atoms with van der Waals surface area (Å²) in [7, 11) is 0. The molecule has 1 aliphatic rings. The van der Waals surface area contributed by atoms with E-state index in [4.69, 9.17) is 16.7 Å². The Morgan fingerprint density at radius 1 is 1.17 bits per heavy atom. The summed E-state index contributed by atoms with van der Waals surface area (Å²) in [6.07, 6.45) is 11.1. The fraction of sp³-hybridized carbons (Fsp3) is 0.188. The van der Waals surface area contributed by atoms with Crippen LogP contribution in [0, 0.1) is 0 Å². The van der Waals surface area contributed by atoms with Crippen molar-refractivity contribution >= 4 is 34.3 Å². The van der Waals surface area contributed by atoms with E-state index < -0.39 is 0 Å². The molecule has 0 aliphatic heterocycles. The molecule has 1 aliphatic carbocycles. The van der Waals surface area contributed by atoms with E-state index in [2.05, 4.69) is 42.9 Å². The van der Waals surface area contributed by atoms with Gasteiger partial charge in [0, 0.05) is 6.04 Å². The quantitative estimate of drug-likeness (QED) is 0.557. The van der Waals surface area contributed by atoms with Crippen LogP contribution in [0.3, 0.4) is 0 Å². The number of nitrogens with zero attached hydrogens (tertiary/aromatic N) is 4. The molecule has 2 N–H and O–H groups in total. The lowest BCUT2D eigenvalue weighted by Gasteiger charge is -2.15. The Balaban J connectivity index is 1.54. The largest absolute Gasteiger partial charge is 0.364 e. The maximum Gasteiger partial charge on any atom is 0.180 e. The first-order valence-electron chi connectivity index (χ1n) is 7.54. The molecule has 0 amide bonds. The lowest BCUT2D eigenvalue weighted by atomic mass is 10.2. The van der Waals surface area contributed by atoms with Crippen molar-refractivity contribution < 1.29 is 4.52 Å². The number of pyridine rings is 1. The zero-order chi connectivity index (χ0) is 16.4. The van der Waals surface area contributed by atoms with Gasteiger partial charge in [-0.1, -0.05) is 17.3 Å². The van der Waals surface area contributed by atoms with E-state index in [1.54, 1.807) is 12.4 Å². The normalized spacial score (nSPS) is 14.2. The second-order valence-corrected chi connectivity index (χ2v) is 5.85. The van der Waals surface area contributed by atoms with Gasteiger partial charge >= 0.3 is 0 Å². The van der Waals surface area contributed by atoms with E-state index >= 15 is 0 Å². The van der Waals surface area contributed by atoms with Gasteiger partial charge in [-0.15, -0.1) is 0 Å². The highest BCUT2D eigenvalue weighted by molar-refractivity contribution is 7.80. The van der Waals surface area contributed by atoms with Crippen molar-refractivity contribution in [2.24, 2.45) is 0 Å². The number of fused-ring (bicyclic) bond motifs is 1. The molecule has 0 aromatic carbocycles. The minimum Gasteiger partial charge on any atom is -0.364 e. The molecule has 0 saturated heterocycles. The van der Waals surface area contributed by atoms with E-state index in [-0.39, 0.29) is 0 Å². The van der Waals surface area contributed by atoms with Crippen LogP contribution in [0.2, 0.25) is 0 Å². The molecule has 3 heterocycles. The molecule has 7 nitrogen and oxygen atoms in total. The van der Waals surface area contributed by atoms with E-state index in [9.17, 15) is 0 Å². The number of hydrogen-bond donors (Lipinski definition) is 2. The van der Waals surface area contributed by atoms with Crippen LogP contribution in [-0.4, -0.2) is 31.3 Å². The lowest BCUT2D eigenvalue weighted by molar-refractivity contribution is 0.420. The first-order valence-corrected chi connectivity index (χ1v) is 7.95. The van der Waals surface area contributed by atoms with Crippen molar-refractivity contribution in [1.29, 1.82) is 0 Å². The Hall–Kier alpha value is -2.87. The number of anilines is 1. The summed E-state index contributed by atoms with van der Waals surface area (Å²) >= 11 is 5.34. The Bertz CT molecular complexity index is 900. The predicted octanol–water partition coefficient (Wildman–Crippen LogP) is 2.68. The molecule has 0 fully saturated rings. The summed E-state index contributed by atoms with van der Waals surface area (Å²) in [5.41, 5.74) is 2.66. The summed E-state index contributed by atoms with van der Waals surface area (Å²) in [5.74, 6) is 0.628. The average molecular weight is 338 g/mol. The molecule has 0 spiro atoms. The Labute approximate surface area is 143 Å². The van der Waals surface area contributed by atoms with E-state index in [0.29, 0.717) is 33.8 Å². The monoisotopic (exact) mass is 338 g/mol. The van der Waals surface area contributed by atoms with Crippen LogP contribution in [0.25, 0.3) is 22.4 Å². The Morgan fingerprint density at radius 3 is 2.83 bits per heavy atom. The number of rotatable bonds is 3. The number of aromatic nitrogens is 4. The van der Waals surface area contributed by atoms with Crippen molar-refractivity contribution in [3.63, 3.8) is 0 Å². The van der Waals surface area contributed by atoms with Crippen molar-refractivity contribution in [1.82, 2.24) is 25.4 Å². The maximum atomic E-state index is 5.34. The van der Waals surface area contributed by atoms with Gasteiger partial charge in [0.25, 0.3) is 0 Å². The molecule has 120 valence electrons. The number of hydrogen-bond acceptors (Lipinski definition) is 6. The van der Waals surface area contributed by atoms with Crippen molar-refractivity contribution in [2.45, 2.75) is 18.9 Å². The van der Waals surface area contributed by atoms with E-state index in [1.165, 1.54) is 6.26 Å². The lowest BCUT2D eigenvalue weighted by Crippen LogP contribution is -2.36. The summed E-state index contributed by atoms with van der Waals surface area (Å²) in [6, 6.07) is 4.04. The Morgan fingerprint density at radius 2 is 2.04 bits per heavy atom. The van der Waals surface area contributed by atoms with E-state index in [0.717, 1.165) is 18.4 Å². The third kappa shape index (κ3) is 3.09. The standard InChI is InChI=1S/C16H14N6OS/c24-16(19-11-3-1-2-4-11)22-14-6-5-12-15(21-14)20-13(8-17-12)10-7-18-23-9-10/h1-2,5-9,11H,3-4H2,(H2,19,20,21,22,24). The van der Waals surface area contributed by atoms with Crippen LogP contribution in [0.1, 0.15) is 12.8 Å². The zero-order valence-electron chi connectivity index (χ0n) is 12.6. The fourth-order valence-corrected chi connectivity index (χ4v) is 2.78. The molecule has 3 aromatic rings. The average Bonchev–Trinajstić information content (AvgIpc) is 3.27. The van der Waals surface area contributed by atoms with Crippen LogP contribution in [0.15, 0.2) is 47.5 Å². The van der Waals surface area contributed by atoms with Crippen molar-refractivity contribution in [3.05, 3.63) is 42.9 Å². The highest BCUT2D eigenvalue weighted by atomic mass is 32.1. The minimum absolute atomic E-state index is 0.352. The third-order valence-electron chi connectivity index (χ3n) is 3.72. The molecule has 0 saturated carbocycles. The molecular formula is C16H14N6OS. The highest BCUT2D eigenvalue weighted by Crippen LogP contribution is 2.18. The smallest absolute Gasteiger partial charge is 0.180 e. The Kier molecular flexibility index (Phi) is 3.87. The third-order valence-corrected chi connectivity index (χ3v) is 3.94. The number of thiocarbonyl (C=S) groups is 1. The molecular weight excluding hydrogens is 324 g/mol. The molecule has 8 heteroatoms. The predicted molar refractivity (Wildman–Crippen MR) is 94.3 cm³/mol. The first kappa shape index (κ1) is 14.7. The molecule has 0 bridgehead atoms. The van der Waals surface area contributed by atoms with Crippen LogP contribution < -0.4 is 10.6 Å². The van der Waals surface area contributed by atoms with Gasteiger partial charge in [0.2, 0.25) is 0 Å². The topological polar surface area (TPSA) is 88.8 Å². The SMILES string of the molecule is S=C(Nc1ccc2ncc(-c3cnoc3)nc2n1)NC1CC=CC1. The second kappa shape index (κ2) is 6.32.